The van der Waals surface area contributed by atoms with Gasteiger partial charge in [0.1, 0.15) is 18.7 Å². The number of esters is 1. The lowest BCUT2D eigenvalue weighted by Gasteiger charge is -2.44. The van der Waals surface area contributed by atoms with Crippen LogP contribution in [0.4, 0.5) is 4.79 Å². The number of carbonyl (C=O) groups is 5. The van der Waals surface area contributed by atoms with E-state index in [-0.39, 0.29) is 12.5 Å². The number of nitrogens with one attached hydrogen (secondary N) is 3. The van der Waals surface area contributed by atoms with Crippen molar-refractivity contribution in [2.45, 2.75) is 93.2 Å². The molecule has 0 saturated heterocycles. The second-order valence-corrected chi connectivity index (χ2v) is 19.4. The molecule has 4 atom stereocenters. The lowest BCUT2D eigenvalue weighted by molar-refractivity contribution is -0.153. The number of carbonyl (C=O) groups excluding carboxylic acids is 5. The summed E-state index contributed by atoms with van der Waals surface area (Å²) in [4.78, 5) is 69.0. The van der Waals surface area contributed by atoms with Gasteiger partial charge >= 0.3 is 12.1 Å². The van der Waals surface area contributed by atoms with Gasteiger partial charge in [0.05, 0.1) is 30.0 Å². The number of fused-ring (bicyclic) bond motifs is 3. The van der Waals surface area contributed by atoms with Crippen molar-refractivity contribution in [3.8, 4) is 11.1 Å². The number of thioether (sulfide) groups is 1. The van der Waals surface area contributed by atoms with Crippen LogP contribution in [0, 0.1) is 0 Å². The Morgan fingerprint density at radius 2 is 1.11 bits per heavy atom. The number of hydrogen-bond acceptors (Lipinski definition) is 9. The van der Waals surface area contributed by atoms with E-state index in [0.29, 0.717) is 0 Å². The monoisotopic (exact) mass is 898 g/mol. The minimum Gasteiger partial charge on any atom is -0.467 e. The standard InChI is InChI=1S/C52H58N4O8S/c1-33(64-50(2,3)4)44(48(60)62-7)55-46(58)42(31-43(53)57)54-47(59)45(56-49(61)63-32-41-39-29-19-17-27-37(39)38-28-18-20-30-40(38)41)51(5,6)65-52(34-21-11-8-12-22-34,35-23-13-9-14-24-35)36-25-15-10-16-26-36/h8-30,33,41-42,44-45H,31-32H2,1-7H3,(H2,53,57)(H,54,59)(H,55,58)(H,56,61)/t33?,42-,44-,45+/m0/s1. The third-order valence-electron chi connectivity index (χ3n) is 11.3. The lowest BCUT2D eigenvalue weighted by Crippen LogP contribution is -2.62. The Balaban J connectivity index is 1.38. The Hall–Kier alpha value is -6.44. The summed E-state index contributed by atoms with van der Waals surface area (Å²) in [6, 6.07) is 41.2. The molecule has 0 aromatic heterocycles. The predicted molar refractivity (Wildman–Crippen MR) is 253 cm³/mol. The van der Waals surface area contributed by atoms with Crippen molar-refractivity contribution in [2.75, 3.05) is 13.7 Å². The maximum atomic E-state index is 15.1. The van der Waals surface area contributed by atoms with E-state index >= 15 is 4.79 Å². The predicted octanol–water partition coefficient (Wildman–Crippen LogP) is 7.62. The van der Waals surface area contributed by atoms with Gasteiger partial charge in [-0.05, 0) is 80.5 Å². The molecule has 0 heterocycles. The molecule has 1 unspecified atom stereocenters. The van der Waals surface area contributed by atoms with Gasteiger partial charge in [0, 0.05) is 10.7 Å². The largest absolute Gasteiger partial charge is 0.467 e. The van der Waals surface area contributed by atoms with Crippen molar-refractivity contribution in [2.24, 2.45) is 5.73 Å². The van der Waals surface area contributed by atoms with E-state index in [0.717, 1.165) is 38.9 Å². The first kappa shape index (κ1) is 48.0. The second kappa shape index (κ2) is 20.6. The van der Waals surface area contributed by atoms with Crippen molar-refractivity contribution in [3.05, 3.63) is 167 Å². The summed E-state index contributed by atoms with van der Waals surface area (Å²) in [6.45, 7) is 10.6. The molecule has 5 aromatic rings. The van der Waals surface area contributed by atoms with E-state index < -0.39 is 75.5 Å². The Morgan fingerprint density at radius 3 is 1.55 bits per heavy atom. The second-order valence-electron chi connectivity index (χ2n) is 17.6. The normalized spacial score (nSPS) is 14.4. The first-order chi connectivity index (χ1) is 30.9. The van der Waals surface area contributed by atoms with Gasteiger partial charge in [0.2, 0.25) is 17.7 Å². The molecule has 5 aromatic carbocycles. The molecule has 65 heavy (non-hydrogen) atoms. The summed E-state index contributed by atoms with van der Waals surface area (Å²) in [5.74, 6) is -3.67. The number of alkyl carbamates (subject to hydrolysis) is 1. The number of rotatable bonds is 18. The molecule has 0 aliphatic heterocycles. The van der Waals surface area contributed by atoms with E-state index in [2.05, 4.69) is 16.0 Å². The molecule has 6 rings (SSSR count). The van der Waals surface area contributed by atoms with Gasteiger partial charge in [-0.1, -0.05) is 140 Å². The van der Waals surface area contributed by atoms with Gasteiger partial charge in [-0.25, -0.2) is 9.59 Å². The Labute approximate surface area is 385 Å². The molecule has 0 spiro atoms. The highest BCUT2D eigenvalue weighted by Crippen LogP contribution is 2.54. The third-order valence-corrected chi connectivity index (χ3v) is 13.1. The third kappa shape index (κ3) is 11.3. The summed E-state index contributed by atoms with van der Waals surface area (Å²) in [6.07, 6.45) is -2.38. The molecule has 0 fully saturated rings. The van der Waals surface area contributed by atoms with Crippen molar-refractivity contribution in [3.63, 3.8) is 0 Å². The van der Waals surface area contributed by atoms with Crippen LogP contribution in [0.15, 0.2) is 140 Å². The summed E-state index contributed by atoms with van der Waals surface area (Å²) in [7, 11) is 1.17. The Bertz CT molecular complexity index is 2320. The highest BCUT2D eigenvalue weighted by Gasteiger charge is 2.48. The summed E-state index contributed by atoms with van der Waals surface area (Å²) in [5, 5.41) is 8.20. The Kier molecular flexibility index (Phi) is 15.2. The van der Waals surface area contributed by atoms with Crippen LogP contribution >= 0.6 is 11.8 Å². The van der Waals surface area contributed by atoms with E-state index in [4.69, 9.17) is 19.9 Å². The first-order valence-corrected chi connectivity index (χ1v) is 22.4. The Morgan fingerprint density at radius 1 is 0.646 bits per heavy atom. The average Bonchev–Trinajstić information content (AvgIpc) is 3.61. The summed E-state index contributed by atoms with van der Waals surface area (Å²) in [5.41, 5.74) is 11.8. The zero-order valence-electron chi connectivity index (χ0n) is 37.8. The number of methoxy groups -OCH3 is 1. The fraction of sp³-hybridized carbons (Fsp3) is 0.327. The minimum absolute atomic E-state index is 0.0276. The van der Waals surface area contributed by atoms with E-state index in [1.54, 1.807) is 27.7 Å². The van der Waals surface area contributed by atoms with E-state index in [1.165, 1.54) is 18.9 Å². The van der Waals surface area contributed by atoms with Crippen LogP contribution in [0.5, 0.6) is 0 Å². The van der Waals surface area contributed by atoms with Crippen molar-refractivity contribution >= 4 is 41.5 Å². The van der Waals surface area contributed by atoms with Crippen LogP contribution in [-0.2, 0) is 38.1 Å². The van der Waals surface area contributed by atoms with Crippen LogP contribution in [-0.4, -0.2) is 78.1 Å². The molecule has 0 bridgehead atoms. The molecule has 13 heteroatoms. The molecule has 0 saturated carbocycles. The van der Waals surface area contributed by atoms with Gasteiger partial charge in [0.25, 0.3) is 0 Å². The molecule has 5 N–H and O–H groups in total. The number of amides is 4. The molecule has 1 aliphatic rings. The van der Waals surface area contributed by atoms with Crippen molar-refractivity contribution < 1.29 is 38.2 Å². The average molecular weight is 899 g/mol. The van der Waals surface area contributed by atoms with Gasteiger partial charge < -0.3 is 35.9 Å². The molecule has 12 nitrogen and oxygen atoms in total. The molecular weight excluding hydrogens is 841 g/mol. The highest BCUT2D eigenvalue weighted by atomic mass is 32.2. The van der Waals surface area contributed by atoms with Gasteiger partial charge in [-0.2, -0.15) is 0 Å². The van der Waals surface area contributed by atoms with Crippen LogP contribution in [0.1, 0.15) is 81.7 Å². The zero-order chi connectivity index (χ0) is 46.9. The first-order valence-electron chi connectivity index (χ1n) is 21.6. The molecule has 1 aliphatic carbocycles. The van der Waals surface area contributed by atoms with Crippen LogP contribution in [0.3, 0.4) is 0 Å². The smallest absolute Gasteiger partial charge is 0.407 e. The topological polar surface area (TPSA) is 175 Å². The lowest BCUT2D eigenvalue weighted by atomic mass is 9.84. The zero-order valence-corrected chi connectivity index (χ0v) is 38.6. The summed E-state index contributed by atoms with van der Waals surface area (Å²) < 4.78 is 14.8. The van der Waals surface area contributed by atoms with Gasteiger partial charge in [-0.3, -0.25) is 14.4 Å². The van der Waals surface area contributed by atoms with Crippen molar-refractivity contribution in [1.29, 1.82) is 0 Å². The number of benzene rings is 5. The van der Waals surface area contributed by atoms with Gasteiger partial charge in [-0.15, -0.1) is 11.8 Å². The molecule has 4 amide bonds. The fourth-order valence-electron chi connectivity index (χ4n) is 8.50. The number of primary amides is 1. The number of hydrogen-bond donors (Lipinski definition) is 4. The van der Waals surface area contributed by atoms with E-state index in [1.807, 2.05) is 153 Å². The van der Waals surface area contributed by atoms with E-state index in [9.17, 15) is 19.2 Å². The van der Waals surface area contributed by atoms with Crippen LogP contribution in [0.25, 0.3) is 11.1 Å². The number of nitrogens with two attached hydrogens (primary N) is 1. The van der Waals surface area contributed by atoms with Crippen LogP contribution in [0.2, 0.25) is 0 Å². The maximum Gasteiger partial charge on any atom is 0.407 e. The maximum absolute atomic E-state index is 15.1. The highest BCUT2D eigenvalue weighted by molar-refractivity contribution is 8.02. The quantitative estimate of drug-likeness (QED) is 0.0510. The van der Waals surface area contributed by atoms with Gasteiger partial charge in [0.15, 0.2) is 6.04 Å². The molecule has 340 valence electrons. The SMILES string of the molecule is COC(=O)[C@@H](NC(=O)[C@H](CC(N)=O)NC(=O)[C@@H](NC(=O)OCC1c2ccccc2-c2ccccc21)C(C)(C)SC(c1ccccc1)(c1ccccc1)c1ccccc1)C(C)OC(C)(C)C. The molecular formula is C52H58N4O8S. The van der Waals surface area contributed by atoms with Crippen molar-refractivity contribution in [1.82, 2.24) is 16.0 Å². The number of ether oxygens (including phenoxy) is 3. The van der Waals surface area contributed by atoms with Crippen LogP contribution < -0.4 is 21.7 Å². The minimum atomic E-state index is -1.58. The molecule has 0 radical (unpaired) electrons. The fourth-order valence-corrected chi connectivity index (χ4v) is 10.3. The summed E-state index contributed by atoms with van der Waals surface area (Å²) >= 11 is 1.43.